The Labute approximate surface area is 104 Å². The van der Waals surface area contributed by atoms with Crippen LogP contribution in [0.5, 0.6) is 0 Å². The molecule has 0 rings (SSSR count). The maximum absolute atomic E-state index is 11.7. The molecule has 1 atom stereocenters. The summed E-state index contributed by atoms with van der Waals surface area (Å²) >= 11 is 0. The van der Waals surface area contributed by atoms with Crippen LogP contribution in [-0.4, -0.2) is 37.0 Å². The van der Waals surface area contributed by atoms with Gasteiger partial charge in [0.1, 0.15) is 0 Å². The van der Waals surface area contributed by atoms with Gasteiger partial charge >= 0.3 is 0 Å². The van der Waals surface area contributed by atoms with E-state index in [2.05, 4.69) is 29.8 Å². The van der Waals surface area contributed by atoms with Crippen molar-refractivity contribution in [1.82, 2.24) is 16.0 Å². The van der Waals surface area contributed by atoms with Gasteiger partial charge in [-0.3, -0.25) is 9.59 Å². The summed E-state index contributed by atoms with van der Waals surface area (Å²) in [7, 11) is 0. The molecule has 0 heterocycles. The van der Waals surface area contributed by atoms with E-state index in [1.807, 2.05) is 6.92 Å². The van der Waals surface area contributed by atoms with Crippen molar-refractivity contribution in [2.45, 2.75) is 52.6 Å². The highest BCUT2D eigenvalue weighted by molar-refractivity contribution is 5.81. The van der Waals surface area contributed by atoms with Crippen molar-refractivity contribution < 1.29 is 9.59 Å². The average molecular weight is 243 g/mol. The SMILES string of the molecule is CCC(CC)NC(=O)C(C)NCCNC(C)=O. The molecular formula is C12H25N3O2. The topological polar surface area (TPSA) is 70.2 Å². The Bertz CT molecular complexity index is 240. The summed E-state index contributed by atoms with van der Waals surface area (Å²) in [6.45, 7) is 8.55. The molecule has 0 aliphatic carbocycles. The minimum Gasteiger partial charge on any atom is -0.355 e. The number of rotatable bonds is 8. The van der Waals surface area contributed by atoms with Crippen LogP contribution < -0.4 is 16.0 Å². The van der Waals surface area contributed by atoms with Crippen LogP contribution in [-0.2, 0) is 9.59 Å². The van der Waals surface area contributed by atoms with E-state index < -0.39 is 0 Å². The molecule has 0 aliphatic heterocycles. The molecule has 5 nitrogen and oxygen atoms in total. The van der Waals surface area contributed by atoms with Crippen LogP contribution in [0.2, 0.25) is 0 Å². The molecule has 0 spiro atoms. The van der Waals surface area contributed by atoms with Gasteiger partial charge in [0.05, 0.1) is 6.04 Å². The zero-order valence-corrected chi connectivity index (χ0v) is 11.3. The van der Waals surface area contributed by atoms with Gasteiger partial charge in [-0.25, -0.2) is 0 Å². The zero-order valence-electron chi connectivity index (χ0n) is 11.3. The molecule has 0 bridgehead atoms. The summed E-state index contributed by atoms with van der Waals surface area (Å²) in [5.74, 6) is -0.0394. The van der Waals surface area contributed by atoms with E-state index in [0.717, 1.165) is 12.8 Å². The minimum absolute atomic E-state index is 0.0153. The monoisotopic (exact) mass is 243 g/mol. The van der Waals surface area contributed by atoms with Crippen LogP contribution in [0, 0.1) is 0 Å². The van der Waals surface area contributed by atoms with E-state index in [0.29, 0.717) is 13.1 Å². The van der Waals surface area contributed by atoms with Crippen molar-refractivity contribution in [3.63, 3.8) is 0 Å². The minimum atomic E-state index is -0.232. The van der Waals surface area contributed by atoms with Gasteiger partial charge in [-0.1, -0.05) is 13.8 Å². The Kier molecular flexibility index (Phi) is 8.40. The second-order valence-electron chi connectivity index (χ2n) is 4.18. The van der Waals surface area contributed by atoms with Gasteiger partial charge in [0, 0.05) is 26.1 Å². The van der Waals surface area contributed by atoms with E-state index >= 15 is 0 Å². The summed E-state index contributed by atoms with van der Waals surface area (Å²) < 4.78 is 0. The van der Waals surface area contributed by atoms with Crippen molar-refractivity contribution in [2.24, 2.45) is 0 Å². The lowest BCUT2D eigenvalue weighted by Gasteiger charge is -2.19. The van der Waals surface area contributed by atoms with E-state index in [1.165, 1.54) is 6.92 Å². The third-order valence-electron chi connectivity index (χ3n) is 2.67. The van der Waals surface area contributed by atoms with Crippen molar-refractivity contribution in [1.29, 1.82) is 0 Å². The zero-order chi connectivity index (χ0) is 13.3. The fraction of sp³-hybridized carbons (Fsp3) is 0.833. The van der Waals surface area contributed by atoms with E-state index in [9.17, 15) is 9.59 Å². The Morgan fingerprint density at radius 3 is 2.18 bits per heavy atom. The first-order valence-corrected chi connectivity index (χ1v) is 6.29. The maximum Gasteiger partial charge on any atom is 0.237 e. The van der Waals surface area contributed by atoms with Gasteiger partial charge in [0.25, 0.3) is 0 Å². The molecule has 2 amide bonds. The van der Waals surface area contributed by atoms with Gasteiger partial charge < -0.3 is 16.0 Å². The lowest BCUT2D eigenvalue weighted by atomic mass is 10.1. The summed E-state index contributed by atoms with van der Waals surface area (Å²) in [6, 6.07) is 0.0199. The van der Waals surface area contributed by atoms with Gasteiger partial charge in [0.2, 0.25) is 11.8 Å². The van der Waals surface area contributed by atoms with E-state index in [4.69, 9.17) is 0 Å². The van der Waals surface area contributed by atoms with Crippen LogP contribution in [0.1, 0.15) is 40.5 Å². The Morgan fingerprint density at radius 1 is 1.12 bits per heavy atom. The highest BCUT2D eigenvalue weighted by atomic mass is 16.2. The van der Waals surface area contributed by atoms with E-state index in [-0.39, 0.29) is 23.9 Å². The summed E-state index contributed by atoms with van der Waals surface area (Å²) in [6.07, 6.45) is 1.89. The summed E-state index contributed by atoms with van der Waals surface area (Å²) in [5, 5.41) is 8.71. The molecule has 0 saturated heterocycles. The van der Waals surface area contributed by atoms with Crippen LogP contribution in [0.3, 0.4) is 0 Å². The largest absolute Gasteiger partial charge is 0.355 e. The van der Waals surface area contributed by atoms with E-state index in [1.54, 1.807) is 0 Å². The molecule has 0 fully saturated rings. The molecule has 100 valence electrons. The standard InChI is InChI=1S/C12H25N3O2/c1-5-11(6-2)15-12(17)9(3)13-7-8-14-10(4)16/h9,11,13H,5-8H2,1-4H3,(H,14,16)(H,15,17). The predicted octanol–water partition coefficient (Wildman–Crippen LogP) is 0.405. The average Bonchev–Trinajstić information content (AvgIpc) is 2.30. The smallest absolute Gasteiger partial charge is 0.237 e. The van der Waals surface area contributed by atoms with Crippen molar-refractivity contribution >= 4 is 11.8 Å². The van der Waals surface area contributed by atoms with Crippen LogP contribution >= 0.6 is 0 Å². The first-order chi connectivity index (χ1) is 8.01. The van der Waals surface area contributed by atoms with Gasteiger partial charge in [-0.15, -0.1) is 0 Å². The number of amides is 2. The second-order valence-corrected chi connectivity index (χ2v) is 4.18. The molecule has 0 aromatic carbocycles. The number of carbonyl (C=O) groups is 2. The molecule has 1 unspecified atom stereocenters. The molecule has 5 heteroatoms. The third-order valence-corrected chi connectivity index (χ3v) is 2.67. The molecule has 17 heavy (non-hydrogen) atoms. The predicted molar refractivity (Wildman–Crippen MR) is 68.7 cm³/mol. The Morgan fingerprint density at radius 2 is 1.71 bits per heavy atom. The molecule has 0 aliphatic rings. The summed E-state index contributed by atoms with van der Waals surface area (Å²) in [5.41, 5.74) is 0. The third kappa shape index (κ3) is 7.74. The van der Waals surface area contributed by atoms with Crippen molar-refractivity contribution in [2.75, 3.05) is 13.1 Å². The van der Waals surface area contributed by atoms with Gasteiger partial charge in [-0.2, -0.15) is 0 Å². The van der Waals surface area contributed by atoms with Crippen molar-refractivity contribution in [3.8, 4) is 0 Å². The van der Waals surface area contributed by atoms with Crippen molar-refractivity contribution in [3.05, 3.63) is 0 Å². The van der Waals surface area contributed by atoms with Crippen LogP contribution in [0.4, 0.5) is 0 Å². The fourth-order valence-corrected chi connectivity index (χ4v) is 1.44. The second kappa shape index (κ2) is 8.98. The number of carbonyl (C=O) groups excluding carboxylic acids is 2. The molecular weight excluding hydrogens is 218 g/mol. The quantitative estimate of drug-likeness (QED) is 0.541. The first kappa shape index (κ1) is 15.9. The highest BCUT2D eigenvalue weighted by Gasteiger charge is 2.14. The lowest BCUT2D eigenvalue weighted by Crippen LogP contribution is -2.47. The first-order valence-electron chi connectivity index (χ1n) is 6.29. The Hall–Kier alpha value is -1.10. The number of hydrogen-bond acceptors (Lipinski definition) is 3. The molecule has 0 aromatic rings. The fourth-order valence-electron chi connectivity index (χ4n) is 1.44. The number of hydrogen-bond donors (Lipinski definition) is 3. The molecule has 0 aromatic heterocycles. The highest BCUT2D eigenvalue weighted by Crippen LogP contribution is 1.96. The lowest BCUT2D eigenvalue weighted by molar-refractivity contribution is -0.123. The molecule has 0 saturated carbocycles. The van der Waals surface area contributed by atoms with Crippen LogP contribution in [0.25, 0.3) is 0 Å². The molecule has 0 radical (unpaired) electrons. The summed E-state index contributed by atoms with van der Waals surface area (Å²) in [4.78, 5) is 22.4. The number of nitrogens with one attached hydrogen (secondary N) is 3. The maximum atomic E-state index is 11.7. The normalized spacial score (nSPS) is 12.3. The van der Waals surface area contributed by atoms with Gasteiger partial charge in [-0.05, 0) is 19.8 Å². The Balaban J connectivity index is 3.77. The van der Waals surface area contributed by atoms with Crippen LogP contribution in [0.15, 0.2) is 0 Å². The molecule has 3 N–H and O–H groups in total. The van der Waals surface area contributed by atoms with Gasteiger partial charge in [0.15, 0.2) is 0 Å².